The molecule has 1 fully saturated rings. The van der Waals surface area contributed by atoms with Gasteiger partial charge >= 0.3 is 0 Å². The van der Waals surface area contributed by atoms with E-state index in [1.807, 2.05) is 0 Å². The zero-order valence-electron chi connectivity index (χ0n) is 7.21. The lowest BCUT2D eigenvalue weighted by Gasteiger charge is -2.07. The van der Waals surface area contributed by atoms with Gasteiger partial charge in [-0.3, -0.25) is 0 Å². The largest absolute Gasteiger partial charge is 0.466 e. The molecule has 0 N–H and O–H groups in total. The Morgan fingerprint density at radius 3 is 3.00 bits per heavy atom. The second-order valence-corrected chi connectivity index (χ2v) is 6.95. The average molecular weight is 192 g/mol. The molecule has 0 radical (unpaired) electrons. The molecule has 1 aliphatic rings. The van der Waals surface area contributed by atoms with Crippen molar-refractivity contribution in [2.24, 2.45) is 0 Å². The highest BCUT2D eigenvalue weighted by atomic mass is 28.3. The Balaban J connectivity index is 1.79. The van der Waals surface area contributed by atoms with E-state index < -0.39 is 9.04 Å². The molecule has 3 nitrogen and oxygen atoms in total. The van der Waals surface area contributed by atoms with Crippen molar-refractivity contribution in [3.8, 4) is 0 Å². The number of ether oxygens (including phenoxy) is 2. The van der Waals surface area contributed by atoms with Crippen molar-refractivity contribution in [3.05, 3.63) is 0 Å². The summed E-state index contributed by atoms with van der Waals surface area (Å²) in [5, 5.41) is 0. The van der Waals surface area contributed by atoms with Gasteiger partial charge in [0.15, 0.2) is 9.04 Å². The Kier molecular flexibility index (Phi) is 4.31. The van der Waals surface area contributed by atoms with Gasteiger partial charge in [-0.15, -0.1) is 0 Å². The number of hydrogen-bond acceptors (Lipinski definition) is 3. The fourth-order valence-electron chi connectivity index (χ4n) is 0.746. The predicted octanol–water partition coefficient (Wildman–Crippen LogP) is -0.948. The molecule has 2 atom stereocenters. The smallest absolute Gasteiger partial charge is 0.161 e. The van der Waals surface area contributed by atoms with Crippen LogP contribution in [0.1, 0.15) is 0 Å². The molecule has 0 amide bonds. The van der Waals surface area contributed by atoms with Crippen LogP contribution in [0.25, 0.3) is 0 Å². The van der Waals surface area contributed by atoms with Gasteiger partial charge in [-0.25, -0.2) is 0 Å². The molecule has 1 rings (SSSR count). The fourth-order valence-corrected chi connectivity index (χ4v) is 2.19. The lowest BCUT2D eigenvalue weighted by molar-refractivity contribution is 0.127. The van der Waals surface area contributed by atoms with E-state index in [1.54, 1.807) is 0 Å². The lowest BCUT2D eigenvalue weighted by Crippen LogP contribution is -2.15. The van der Waals surface area contributed by atoms with E-state index >= 15 is 0 Å². The van der Waals surface area contributed by atoms with Crippen LogP contribution in [0.5, 0.6) is 0 Å². The molecule has 0 spiro atoms. The van der Waals surface area contributed by atoms with Crippen molar-refractivity contribution in [1.29, 1.82) is 0 Å². The topological polar surface area (TPSA) is 31.0 Å². The van der Waals surface area contributed by atoms with Crippen molar-refractivity contribution in [1.82, 2.24) is 0 Å². The van der Waals surface area contributed by atoms with Gasteiger partial charge in [-0.2, -0.15) is 0 Å². The van der Waals surface area contributed by atoms with Crippen LogP contribution in [-0.4, -0.2) is 45.5 Å². The SMILES string of the molecule is C[SiH](CCOCC1CO1)O[SiH3]. The first kappa shape index (κ1) is 9.40. The van der Waals surface area contributed by atoms with E-state index in [4.69, 9.17) is 13.6 Å². The van der Waals surface area contributed by atoms with E-state index in [-0.39, 0.29) is 0 Å². The van der Waals surface area contributed by atoms with Crippen LogP contribution in [0.3, 0.4) is 0 Å². The summed E-state index contributed by atoms with van der Waals surface area (Å²) >= 11 is 0. The summed E-state index contributed by atoms with van der Waals surface area (Å²) in [6, 6.07) is 1.14. The Morgan fingerprint density at radius 1 is 1.73 bits per heavy atom. The van der Waals surface area contributed by atoms with Gasteiger partial charge in [-0.1, -0.05) is 0 Å². The van der Waals surface area contributed by atoms with Crippen LogP contribution >= 0.6 is 0 Å². The van der Waals surface area contributed by atoms with E-state index in [1.165, 1.54) is 0 Å². The zero-order valence-corrected chi connectivity index (χ0v) is 10.4. The third-order valence-electron chi connectivity index (χ3n) is 1.78. The molecule has 0 aliphatic carbocycles. The van der Waals surface area contributed by atoms with Gasteiger partial charge in [-0.05, 0) is 12.6 Å². The number of hydrogen-bond donors (Lipinski definition) is 0. The summed E-state index contributed by atoms with van der Waals surface area (Å²) in [4.78, 5) is 0. The molecule has 0 aromatic rings. The highest BCUT2D eigenvalue weighted by Gasteiger charge is 2.22. The van der Waals surface area contributed by atoms with E-state index in [0.29, 0.717) is 6.10 Å². The molecular formula is C6H16O3Si2. The first-order chi connectivity index (χ1) is 5.33. The maximum absolute atomic E-state index is 5.38. The molecule has 0 aromatic heterocycles. The van der Waals surface area contributed by atoms with Crippen molar-refractivity contribution in [2.45, 2.75) is 18.7 Å². The Labute approximate surface area is 72.3 Å². The van der Waals surface area contributed by atoms with Crippen molar-refractivity contribution >= 4 is 19.5 Å². The summed E-state index contributed by atoms with van der Waals surface area (Å²) in [6.45, 7) is 4.74. The Hall–Kier alpha value is 0.314. The second kappa shape index (κ2) is 5.05. The van der Waals surface area contributed by atoms with E-state index in [2.05, 4.69) is 6.55 Å². The molecule has 1 aliphatic heterocycles. The molecule has 11 heavy (non-hydrogen) atoms. The molecule has 5 heteroatoms. The Morgan fingerprint density at radius 2 is 2.45 bits per heavy atom. The van der Waals surface area contributed by atoms with Gasteiger partial charge in [0.2, 0.25) is 0 Å². The van der Waals surface area contributed by atoms with Gasteiger partial charge in [0.25, 0.3) is 0 Å². The highest BCUT2D eigenvalue weighted by molar-refractivity contribution is 6.54. The van der Waals surface area contributed by atoms with Gasteiger partial charge in [0.1, 0.15) is 16.6 Å². The fraction of sp³-hybridized carbons (Fsp3) is 1.00. The average Bonchev–Trinajstić information content (AvgIpc) is 2.81. The molecule has 0 bridgehead atoms. The summed E-state index contributed by atoms with van der Waals surface area (Å²) in [7, 11) is 0.0537. The van der Waals surface area contributed by atoms with Crippen LogP contribution in [0.4, 0.5) is 0 Å². The first-order valence-corrected chi connectivity index (χ1v) is 7.31. The van der Waals surface area contributed by atoms with E-state index in [0.717, 1.165) is 36.4 Å². The third kappa shape index (κ3) is 4.70. The summed E-state index contributed by atoms with van der Waals surface area (Å²) in [5.74, 6) is 0. The van der Waals surface area contributed by atoms with Crippen LogP contribution in [-0.2, 0) is 13.6 Å². The maximum atomic E-state index is 5.38. The van der Waals surface area contributed by atoms with Crippen LogP contribution in [0, 0.1) is 0 Å². The van der Waals surface area contributed by atoms with Crippen LogP contribution in [0.2, 0.25) is 12.6 Å². The summed E-state index contributed by atoms with van der Waals surface area (Å²) < 4.78 is 15.7. The summed E-state index contributed by atoms with van der Waals surface area (Å²) in [5.41, 5.74) is 0. The van der Waals surface area contributed by atoms with Crippen LogP contribution in [0.15, 0.2) is 0 Å². The minimum atomic E-state index is -0.828. The normalized spacial score (nSPS) is 25.4. The van der Waals surface area contributed by atoms with Crippen molar-refractivity contribution in [3.63, 3.8) is 0 Å². The quantitative estimate of drug-likeness (QED) is 0.309. The second-order valence-electron chi connectivity index (χ2n) is 2.87. The van der Waals surface area contributed by atoms with Crippen molar-refractivity contribution in [2.75, 3.05) is 19.8 Å². The third-order valence-corrected chi connectivity index (χ3v) is 6.04. The number of epoxide rings is 1. The molecule has 0 saturated carbocycles. The van der Waals surface area contributed by atoms with Gasteiger partial charge < -0.3 is 13.6 Å². The molecule has 1 saturated heterocycles. The zero-order chi connectivity index (χ0) is 8.10. The Bertz CT molecular complexity index is 108. The standard InChI is InChI=1S/C6H16O3Si2/c1-11(9-10)3-2-7-4-6-5-8-6/h6,11H,2-5H2,1,10H3. The maximum Gasteiger partial charge on any atom is 0.161 e. The first-order valence-electron chi connectivity index (χ1n) is 4.05. The van der Waals surface area contributed by atoms with Crippen molar-refractivity contribution < 1.29 is 13.6 Å². The predicted molar refractivity (Wildman–Crippen MR) is 49.4 cm³/mol. The number of rotatable bonds is 6. The molecular weight excluding hydrogens is 176 g/mol. The van der Waals surface area contributed by atoms with Crippen LogP contribution < -0.4 is 0 Å². The van der Waals surface area contributed by atoms with E-state index in [9.17, 15) is 0 Å². The van der Waals surface area contributed by atoms with Gasteiger partial charge in [0.05, 0.1) is 13.2 Å². The lowest BCUT2D eigenvalue weighted by atomic mass is 10.5. The minimum Gasteiger partial charge on any atom is -0.466 e. The molecule has 1 heterocycles. The molecule has 2 unspecified atom stereocenters. The van der Waals surface area contributed by atoms with Gasteiger partial charge in [0, 0.05) is 6.61 Å². The molecule has 66 valence electrons. The summed E-state index contributed by atoms with van der Waals surface area (Å²) in [6.07, 6.45) is 0.406. The highest BCUT2D eigenvalue weighted by Crippen LogP contribution is 2.08. The monoisotopic (exact) mass is 192 g/mol. The molecule has 0 aromatic carbocycles. The minimum absolute atomic E-state index is 0.406.